The van der Waals surface area contributed by atoms with E-state index >= 15 is 0 Å². The van der Waals surface area contributed by atoms with Crippen molar-refractivity contribution in [1.82, 2.24) is 4.72 Å². The lowest BCUT2D eigenvalue weighted by Gasteiger charge is -2.04. The van der Waals surface area contributed by atoms with E-state index in [1.54, 1.807) is 18.2 Å². The average molecular weight is 264 g/mol. The standard InChI is InChI=1S/C9H10ClNO4S/c10-5-16(12,13)11-4-7-1-2-8-9(3-7)15-6-14-8/h1-3,11H,4-6H2. The molecule has 0 aliphatic carbocycles. The molecule has 0 radical (unpaired) electrons. The number of rotatable bonds is 4. The molecule has 0 fully saturated rings. The molecule has 1 aromatic rings. The number of fused-ring (bicyclic) bond motifs is 1. The number of hydrogen-bond donors (Lipinski definition) is 1. The molecule has 0 amide bonds. The summed E-state index contributed by atoms with van der Waals surface area (Å²) in [6.07, 6.45) is 0. The fourth-order valence-electron chi connectivity index (χ4n) is 1.28. The first-order valence-corrected chi connectivity index (χ1v) is 6.71. The molecule has 1 aromatic carbocycles. The molecule has 0 bridgehead atoms. The van der Waals surface area contributed by atoms with Crippen molar-refractivity contribution in [3.63, 3.8) is 0 Å². The summed E-state index contributed by atoms with van der Waals surface area (Å²) in [4.78, 5) is 0. The highest BCUT2D eigenvalue weighted by Crippen LogP contribution is 2.32. The van der Waals surface area contributed by atoms with Crippen LogP contribution in [0.2, 0.25) is 0 Å². The second kappa shape index (κ2) is 4.48. The molecule has 0 unspecified atom stereocenters. The maximum Gasteiger partial charge on any atom is 0.231 e. The van der Waals surface area contributed by atoms with Gasteiger partial charge in [0.1, 0.15) is 5.21 Å². The van der Waals surface area contributed by atoms with E-state index < -0.39 is 15.2 Å². The SMILES string of the molecule is O=S(=O)(CCl)NCc1ccc2c(c1)OCO2. The maximum atomic E-state index is 11.1. The van der Waals surface area contributed by atoms with Crippen LogP contribution in [0.3, 0.4) is 0 Å². The Morgan fingerprint density at radius 2 is 2.06 bits per heavy atom. The van der Waals surface area contributed by atoms with Crippen LogP contribution in [0, 0.1) is 0 Å². The van der Waals surface area contributed by atoms with Crippen LogP contribution in [0.15, 0.2) is 18.2 Å². The topological polar surface area (TPSA) is 64.6 Å². The van der Waals surface area contributed by atoms with Gasteiger partial charge in [0.25, 0.3) is 0 Å². The van der Waals surface area contributed by atoms with E-state index in [2.05, 4.69) is 4.72 Å². The summed E-state index contributed by atoms with van der Waals surface area (Å²) in [7, 11) is -3.39. The number of alkyl halides is 1. The predicted octanol–water partition coefficient (Wildman–Crippen LogP) is 1.03. The third kappa shape index (κ3) is 2.58. The van der Waals surface area contributed by atoms with Gasteiger partial charge < -0.3 is 9.47 Å². The zero-order valence-corrected chi connectivity index (χ0v) is 9.85. The number of benzene rings is 1. The van der Waals surface area contributed by atoms with Crippen LogP contribution >= 0.6 is 11.6 Å². The van der Waals surface area contributed by atoms with Crippen molar-refractivity contribution in [3.8, 4) is 11.5 Å². The molecule has 2 rings (SSSR count). The quantitative estimate of drug-likeness (QED) is 0.824. The number of ether oxygens (including phenoxy) is 2. The summed E-state index contributed by atoms with van der Waals surface area (Å²) in [5.41, 5.74) is 0.790. The van der Waals surface area contributed by atoms with Crippen molar-refractivity contribution in [1.29, 1.82) is 0 Å². The average Bonchev–Trinajstić information content (AvgIpc) is 2.73. The van der Waals surface area contributed by atoms with Crippen LogP contribution in [0.4, 0.5) is 0 Å². The van der Waals surface area contributed by atoms with E-state index in [0.717, 1.165) is 5.56 Å². The Bertz CT molecular complexity index is 488. The molecule has 1 aliphatic rings. The van der Waals surface area contributed by atoms with E-state index in [4.69, 9.17) is 21.1 Å². The van der Waals surface area contributed by atoms with Crippen LogP contribution in [0.5, 0.6) is 11.5 Å². The van der Waals surface area contributed by atoms with Gasteiger partial charge in [-0.1, -0.05) is 6.07 Å². The Morgan fingerprint density at radius 3 is 2.81 bits per heavy atom. The summed E-state index contributed by atoms with van der Waals surface area (Å²) in [5.74, 6) is 1.30. The molecule has 0 saturated carbocycles. The largest absolute Gasteiger partial charge is 0.454 e. The van der Waals surface area contributed by atoms with Gasteiger partial charge in [-0.15, -0.1) is 11.6 Å². The molecule has 1 N–H and O–H groups in total. The highest BCUT2D eigenvalue weighted by atomic mass is 35.5. The first-order valence-electron chi connectivity index (χ1n) is 4.52. The summed E-state index contributed by atoms with van der Waals surface area (Å²) < 4.78 is 34.9. The molecular formula is C9H10ClNO4S. The fourth-order valence-corrected chi connectivity index (χ4v) is 1.98. The third-order valence-electron chi connectivity index (χ3n) is 2.08. The molecular weight excluding hydrogens is 254 g/mol. The van der Waals surface area contributed by atoms with Crippen molar-refractivity contribution in [3.05, 3.63) is 23.8 Å². The summed E-state index contributed by atoms with van der Waals surface area (Å²) in [6.45, 7) is 0.387. The van der Waals surface area contributed by atoms with E-state index in [0.29, 0.717) is 11.5 Å². The van der Waals surface area contributed by atoms with Crippen molar-refractivity contribution in [2.24, 2.45) is 0 Å². The Kier molecular flexibility index (Phi) is 3.22. The fraction of sp³-hybridized carbons (Fsp3) is 0.333. The van der Waals surface area contributed by atoms with Gasteiger partial charge in [-0.3, -0.25) is 0 Å². The Morgan fingerprint density at radius 1 is 1.31 bits per heavy atom. The number of hydrogen-bond acceptors (Lipinski definition) is 4. The van der Waals surface area contributed by atoms with Gasteiger partial charge in [0, 0.05) is 6.54 Å². The van der Waals surface area contributed by atoms with E-state index in [1.165, 1.54) is 0 Å². The first-order chi connectivity index (χ1) is 7.61. The van der Waals surface area contributed by atoms with Crippen molar-refractivity contribution < 1.29 is 17.9 Å². The normalized spacial score (nSPS) is 14.1. The van der Waals surface area contributed by atoms with Gasteiger partial charge in [0.2, 0.25) is 16.8 Å². The van der Waals surface area contributed by atoms with Gasteiger partial charge >= 0.3 is 0 Å². The van der Waals surface area contributed by atoms with Gasteiger partial charge in [-0.05, 0) is 17.7 Å². The molecule has 5 nitrogen and oxygen atoms in total. The molecule has 1 aliphatic heterocycles. The number of sulfonamides is 1. The Labute approximate surface area is 98.4 Å². The molecule has 1 heterocycles. The molecule has 0 saturated heterocycles. The minimum absolute atomic E-state index is 0.186. The molecule has 0 aromatic heterocycles. The van der Waals surface area contributed by atoms with Crippen molar-refractivity contribution in [2.75, 3.05) is 12.0 Å². The molecule has 7 heteroatoms. The lowest BCUT2D eigenvalue weighted by atomic mass is 10.2. The van der Waals surface area contributed by atoms with Gasteiger partial charge in [0.15, 0.2) is 11.5 Å². The highest BCUT2D eigenvalue weighted by Gasteiger charge is 2.14. The van der Waals surface area contributed by atoms with Gasteiger partial charge in [-0.25, -0.2) is 13.1 Å². The predicted molar refractivity (Wildman–Crippen MR) is 59.0 cm³/mol. The minimum atomic E-state index is -3.39. The Balaban J connectivity index is 2.06. The lowest BCUT2D eigenvalue weighted by Crippen LogP contribution is -2.23. The van der Waals surface area contributed by atoms with E-state index in [-0.39, 0.29) is 13.3 Å². The number of halogens is 1. The summed E-state index contributed by atoms with van der Waals surface area (Å²) >= 11 is 5.26. The Hall–Kier alpha value is -0.980. The highest BCUT2D eigenvalue weighted by molar-refractivity contribution is 7.90. The minimum Gasteiger partial charge on any atom is -0.454 e. The first kappa shape index (κ1) is 11.5. The molecule has 0 spiro atoms. The third-order valence-corrected chi connectivity index (χ3v) is 3.81. The molecule has 16 heavy (non-hydrogen) atoms. The zero-order chi connectivity index (χ0) is 11.6. The van der Waals surface area contributed by atoms with Crippen LogP contribution in [0.1, 0.15) is 5.56 Å². The second-order valence-corrected chi connectivity index (χ2v) is 5.62. The van der Waals surface area contributed by atoms with Gasteiger partial charge in [-0.2, -0.15) is 0 Å². The van der Waals surface area contributed by atoms with Crippen molar-refractivity contribution in [2.45, 2.75) is 6.54 Å². The van der Waals surface area contributed by atoms with E-state index in [1.807, 2.05) is 0 Å². The van der Waals surface area contributed by atoms with Crippen LogP contribution < -0.4 is 14.2 Å². The lowest BCUT2D eigenvalue weighted by molar-refractivity contribution is 0.174. The van der Waals surface area contributed by atoms with Gasteiger partial charge in [0.05, 0.1) is 0 Å². The van der Waals surface area contributed by atoms with Crippen LogP contribution in [-0.2, 0) is 16.6 Å². The van der Waals surface area contributed by atoms with Crippen molar-refractivity contribution >= 4 is 21.6 Å². The zero-order valence-electron chi connectivity index (χ0n) is 8.27. The maximum absolute atomic E-state index is 11.1. The summed E-state index contributed by atoms with van der Waals surface area (Å²) in [6, 6.07) is 5.25. The van der Waals surface area contributed by atoms with Crippen LogP contribution in [0.25, 0.3) is 0 Å². The smallest absolute Gasteiger partial charge is 0.231 e. The monoisotopic (exact) mass is 263 g/mol. The van der Waals surface area contributed by atoms with Crippen LogP contribution in [-0.4, -0.2) is 20.4 Å². The van der Waals surface area contributed by atoms with E-state index in [9.17, 15) is 8.42 Å². The molecule has 88 valence electrons. The second-order valence-electron chi connectivity index (χ2n) is 3.23. The number of nitrogens with one attached hydrogen (secondary N) is 1. The summed E-state index contributed by atoms with van der Waals surface area (Å²) in [5, 5.41) is -0.447. The molecule has 0 atom stereocenters.